The van der Waals surface area contributed by atoms with E-state index in [9.17, 15) is 0 Å². The number of hydrogen-bond acceptors (Lipinski definition) is 6. The van der Waals surface area contributed by atoms with E-state index in [1.54, 1.807) is 18.9 Å². The Labute approximate surface area is 157 Å². The van der Waals surface area contributed by atoms with Crippen molar-refractivity contribution >= 4 is 12.2 Å². The van der Waals surface area contributed by atoms with Crippen molar-refractivity contribution in [3.8, 4) is 23.0 Å². The Morgan fingerprint density at radius 2 is 1.81 bits per heavy atom. The van der Waals surface area contributed by atoms with E-state index in [1.165, 1.54) is 5.56 Å². The Morgan fingerprint density at radius 3 is 2.50 bits per heavy atom. The molecule has 2 aromatic carbocycles. The molecule has 0 saturated carbocycles. The topological polar surface area (TPSA) is 52.7 Å². The molecule has 1 aromatic heterocycles. The molecule has 136 valence electrons. The van der Waals surface area contributed by atoms with E-state index < -0.39 is 0 Å². The molecule has 0 fully saturated rings. The summed E-state index contributed by atoms with van der Waals surface area (Å²) in [6.07, 6.45) is 0. The van der Waals surface area contributed by atoms with Gasteiger partial charge in [-0.2, -0.15) is 0 Å². The van der Waals surface area contributed by atoms with E-state index in [4.69, 9.17) is 26.1 Å². The van der Waals surface area contributed by atoms with Gasteiger partial charge in [-0.1, -0.05) is 30.3 Å². The summed E-state index contributed by atoms with van der Waals surface area (Å²) in [5.74, 6) is 1.71. The van der Waals surface area contributed by atoms with Gasteiger partial charge in [-0.05, 0) is 43.0 Å². The third-order valence-electron chi connectivity index (χ3n) is 3.91. The summed E-state index contributed by atoms with van der Waals surface area (Å²) in [7, 11) is 5.20. The first kappa shape index (κ1) is 18.2. The van der Waals surface area contributed by atoms with Gasteiger partial charge in [0, 0.05) is 12.1 Å². The molecule has 7 heteroatoms. The fraction of sp³-hybridized carbons (Fsp3) is 0.263. The van der Waals surface area contributed by atoms with E-state index >= 15 is 0 Å². The maximum atomic E-state index is 5.67. The Balaban J connectivity index is 1.78. The maximum Gasteiger partial charge on any atom is 0.288 e. The normalized spacial score (nSPS) is 10.9. The van der Waals surface area contributed by atoms with E-state index in [2.05, 4.69) is 22.1 Å². The van der Waals surface area contributed by atoms with Gasteiger partial charge in [0.1, 0.15) is 0 Å². The van der Waals surface area contributed by atoms with Gasteiger partial charge in [0.2, 0.25) is 5.89 Å². The third-order valence-corrected chi connectivity index (χ3v) is 4.20. The summed E-state index contributed by atoms with van der Waals surface area (Å²) in [5, 5.41) is 4.50. The van der Waals surface area contributed by atoms with Crippen molar-refractivity contribution < 1.29 is 13.9 Å². The summed E-state index contributed by atoms with van der Waals surface area (Å²) in [5.41, 5.74) is 2.00. The highest BCUT2D eigenvalue weighted by molar-refractivity contribution is 7.71. The van der Waals surface area contributed by atoms with Gasteiger partial charge in [-0.3, -0.25) is 4.90 Å². The molecule has 3 rings (SSSR count). The number of ether oxygens (including phenoxy) is 2. The van der Waals surface area contributed by atoms with Gasteiger partial charge >= 0.3 is 0 Å². The molecule has 0 saturated heterocycles. The standard InChI is InChI=1S/C19H21N3O3S/c1-21(12-14-7-5-4-6-8-14)13-22-19(26)25-18(20-22)15-9-10-16(23-2)17(11-15)24-3/h4-11H,12-13H2,1-3H3. The summed E-state index contributed by atoms with van der Waals surface area (Å²) in [4.78, 5) is 2.45. The lowest BCUT2D eigenvalue weighted by Gasteiger charge is -2.15. The van der Waals surface area contributed by atoms with Crippen LogP contribution in [-0.4, -0.2) is 35.9 Å². The van der Waals surface area contributed by atoms with Crippen LogP contribution in [0.3, 0.4) is 0 Å². The lowest BCUT2D eigenvalue weighted by molar-refractivity contribution is 0.240. The van der Waals surface area contributed by atoms with Crippen molar-refractivity contribution in [2.75, 3.05) is 21.3 Å². The van der Waals surface area contributed by atoms with Crippen LogP contribution < -0.4 is 9.47 Å². The van der Waals surface area contributed by atoms with Crippen LogP contribution in [0.2, 0.25) is 0 Å². The first-order valence-corrected chi connectivity index (χ1v) is 8.54. The smallest absolute Gasteiger partial charge is 0.288 e. The van der Waals surface area contributed by atoms with Crippen molar-refractivity contribution in [2.45, 2.75) is 13.2 Å². The van der Waals surface area contributed by atoms with Crippen LogP contribution in [0.1, 0.15) is 5.56 Å². The second-order valence-electron chi connectivity index (χ2n) is 5.88. The van der Waals surface area contributed by atoms with E-state index in [1.807, 2.05) is 43.4 Å². The van der Waals surface area contributed by atoms with Crippen LogP contribution in [0.25, 0.3) is 11.5 Å². The molecule has 0 radical (unpaired) electrons. The summed E-state index contributed by atoms with van der Waals surface area (Å²) >= 11 is 5.32. The molecule has 26 heavy (non-hydrogen) atoms. The fourth-order valence-corrected chi connectivity index (χ4v) is 2.83. The molecule has 0 N–H and O–H groups in total. The lowest BCUT2D eigenvalue weighted by atomic mass is 10.2. The molecule has 0 aliphatic carbocycles. The molecule has 0 aliphatic heterocycles. The second kappa shape index (κ2) is 8.16. The average molecular weight is 371 g/mol. The molecule has 0 bridgehead atoms. The van der Waals surface area contributed by atoms with Crippen LogP contribution in [0, 0.1) is 4.84 Å². The van der Waals surface area contributed by atoms with Crippen LogP contribution in [-0.2, 0) is 13.2 Å². The average Bonchev–Trinajstić information content (AvgIpc) is 3.02. The van der Waals surface area contributed by atoms with E-state index in [0.29, 0.717) is 28.9 Å². The first-order valence-electron chi connectivity index (χ1n) is 8.13. The predicted octanol–water partition coefficient (Wildman–Crippen LogP) is 3.98. The van der Waals surface area contributed by atoms with E-state index in [0.717, 1.165) is 12.1 Å². The Morgan fingerprint density at radius 1 is 1.08 bits per heavy atom. The van der Waals surface area contributed by atoms with Crippen molar-refractivity contribution in [3.05, 3.63) is 58.9 Å². The molecule has 0 unspecified atom stereocenters. The third kappa shape index (κ3) is 4.12. The molecule has 1 heterocycles. The zero-order valence-corrected chi connectivity index (χ0v) is 15.8. The highest BCUT2D eigenvalue weighted by Crippen LogP contribution is 2.31. The van der Waals surface area contributed by atoms with Crippen LogP contribution in [0.15, 0.2) is 52.9 Å². The Hall–Kier alpha value is -2.64. The Bertz CT molecular complexity index is 921. The summed E-state index contributed by atoms with van der Waals surface area (Å²) in [6.45, 7) is 1.33. The van der Waals surface area contributed by atoms with Crippen molar-refractivity contribution in [1.29, 1.82) is 0 Å². The molecular weight excluding hydrogens is 350 g/mol. The highest BCUT2D eigenvalue weighted by Gasteiger charge is 2.13. The molecule has 6 nitrogen and oxygen atoms in total. The maximum absolute atomic E-state index is 5.67. The highest BCUT2D eigenvalue weighted by atomic mass is 32.1. The molecule has 0 spiro atoms. The van der Waals surface area contributed by atoms with Gasteiger partial charge in [0.05, 0.1) is 20.9 Å². The molecular formula is C19H21N3O3S. The minimum absolute atomic E-state index is 0.328. The van der Waals surface area contributed by atoms with E-state index in [-0.39, 0.29) is 0 Å². The second-order valence-corrected chi connectivity index (χ2v) is 6.23. The quantitative estimate of drug-likeness (QED) is 0.586. The van der Waals surface area contributed by atoms with Crippen LogP contribution >= 0.6 is 12.2 Å². The van der Waals surface area contributed by atoms with Crippen molar-refractivity contribution in [1.82, 2.24) is 14.7 Å². The molecule has 0 atom stereocenters. The Kier molecular flexibility index (Phi) is 5.70. The monoisotopic (exact) mass is 371 g/mol. The molecule has 0 amide bonds. The largest absolute Gasteiger partial charge is 0.493 e. The van der Waals surface area contributed by atoms with Gasteiger partial charge in [-0.15, -0.1) is 5.10 Å². The predicted molar refractivity (Wildman–Crippen MR) is 102 cm³/mol. The number of rotatable bonds is 7. The SMILES string of the molecule is COc1ccc(-c2nn(CN(C)Cc3ccccc3)c(=S)o2)cc1OC. The number of methoxy groups -OCH3 is 2. The zero-order valence-electron chi connectivity index (χ0n) is 15.0. The van der Waals surface area contributed by atoms with Gasteiger partial charge in [0.25, 0.3) is 4.84 Å². The minimum Gasteiger partial charge on any atom is -0.493 e. The summed E-state index contributed by atoms with van der Waals surface area (Å²) < 4.78 is 17.9. The van der Waals surface area contributed by atoms with Gasteiger partial charge in [-0.25, -0.2) is 4.68 Å². The van der Waals surface area contributed by atoms with Gasteiger partial charge < -0.3 is 13.9 Å². The molecule has 0 aliphatic rings. The molecule has 3 aromatic rings. The first-order chi connectivity index (χ1) is 12.6. The summed E-state index contributed by atoms with van der Waals surface area (Å²) in [6, 6.07) is 15.7. The van der Waals surface area contributed by atoms with Crippen LogP contribution in [0.5, 0.6) is 11.5 Å². The number of hydrogen-bond donors (Lipinski definition) is 0. The van der Waals surface area contributed by atoms with Crippen LogP contribution in [0.4, 0.5) is 0 Å². The number of nitrogens with zero attached hydrogens (tertiary/aromatic N) is 3. The number of benzene rings is 2. The fourth-order valence-electron chi connectivity index (χ4n) is 2.66. The minimum atomic E-state index is 0.328. The van der Waals surface area contributed by atoms with Gasteiger partial charge in [0.15, 0.2) is 11.5 Å². The van der Waals surface area contributed by atoms with Crippen molar-refractivity contribution in [3.63, 3.8) is 0 Å². The lowest BCUT2D eigenvalue weighted by Crippen LogP contribution is -2.22. The number of aromatic nitrogens is 2. The van der Waals surface area contributed by atoms with Crippen molar-refractivity contribution in [2.24, 2.45) is 0 Å². The zero-order chi connectivity index (χ0) is 18.5.